The van der Waals surface area contributed by atoms with Crippen molar-refractivity contribution in [2.45, 2.75) is 33.1 Å². The van der Waals surface area contributed by atoms with Gasteiger partial charge >= 0.3 is 5.97 Å². The highest BCUT2D eigenvalue weighted by atomic mass is 32.2. The Balaban J connectivity index is 2.47. The van der Waals surface area contributed by atoms with Gasteiger partial charge in [-0.3, -0.25) is 4.79 Å². The highest BCUT2D eigenvalue weighted by Gasteiger charge is 2.31. The van der Waals surface area contributed by atoms with Crippen LogP contribution in [0.1, 0.15) is 33.1 Å². The standard InChI is InChI=1S/C12H19NO2S/c1-12(2,11(14)15)9-10-3-6-16(7-4-10)8-5-13/h8,10H,3-4,6-7,9H2,1-2H3,(H,14,15). The Bertz CT molecular complexity index is 331. The number of carboxylic acids is 1. The van der Waals surface area contributed by atoms with Crippen molar-refractivity contribution < 1.29 is 9.90 Å². The predicted octanol–water partition coefficient (Wildman–Crippen LogP) is 2.49. The molecule has 1 heterocycles. The molecule has 1 fully saturated rings. The van der Waals surface area contributed by atoms with E-state index in [1.165, 1.54) is 0 Å². The molecule has 1 saturated heterocycles. The van der Waals surface area contributed by atoms with Crippen LogP contribution in [0.2, 0.25) is 0 Å². The van der Waals surface area contributed by atoms with Gasteiger partial charge in [0.25, 0.3) is 0 Å². The molecule has 1 aliphatic heterocycles. The molecule has 16 heavy (non-hydrogen) atoms. The second kappa shape index (κ2) is 5.49. The summed E-state index contributed by atoms with van der Waals surface area (Å²) in [5, 5.41) is 19.4. The van der Waals surface area contributed by atoms with Crippen LogP contribution in [0.5, 0.6) is 0 Å². The Labute approximate surface area is 99.4 Å². The van der Waals surface area contributed by atoms with Crippen molar-refractivity contribution in [3.8, 4) is 6.07 Å². The number of hydrogen-bond acceptors (Lipinski definition) is 2. The first kappa shape index (κ1) is 13.2. The van der Waals surface area contributed by atoms with Crippen LogP contribution in [0.3, 0.4) is 0 Å². The van der Waals surface area contributed by atoms with E-state index in [4.69, 9.17) is 10.4 Å². The molecule has 0 saturated carbocycles. The molecule has 0 aliphatic carbocycles. The minimum absolute atomic E-state index is 0.162. The molecule has 0 aromatic carbocycles. The Morgan fingerprint density at radius 2 is 2.12 bits per heavy atom. The molecule has 0 unspecified atom stereocenters. The van der Waals surface area contributed by atoms with Crippen LogP contribution >= 0.6 is 10.5 Å². The number of aliphatic carboxylic acids is 1. The second-order valence-electron chi connectivity index (χ2n) is 5.03. The molecular weight excluding hydrogens is 222 g/mol. The Morgan fingerprint density at radius 1 is 1.56 bits per heavy atom. The van der Waals surface area contributed by atoms with Gasteiger partial charge in [0.2, 0.25) is 0 Å². The maximum atomic E-state index is 11.0. The summed E-state index contributed by atoms with van der Waals surface area (Å²) >= 11 is 0. The van der Waals surface area contributed by atoms with Gasteiger partial charge in [0.05, 0.1) is 11.5 Å². The van der Waals surface area contributed by atoms with E-state index in [9.17, 15) is 4.79 Å². The van der Waals surface area contributed by atoms with Gasteiger partial charge in [0, 0.05) is 5.37 Å². The Hall–Kier alpha value is -0.820. The third-order valence-corrected chi connectivity index (χ3v) is 5.13. The van der Waals surface area contributed by atoms with E-state index in [-0.39, 0.29) is 10.5 Å². The number of carboxylic acid groups (broad SMARTS) is 1. The number of hydrogen-bond donors (Lipinski definition) is 1. The van der Waals surface area contributed by atoms with E-state index in [1.54, 1.807) is 19.2 Å². The summed E-state index contributed by atoms with van der Waals surface area (Å²) in [6.45, 7) is 3.59. The van der Waals surface area contributed by atoms with E-state index in [1.807, 2.05) is 0 Å². The SMILES string of the molecule is CC(C)(CC1CCS(=CC#N)CC1)C(=O)O. The molecule has 0 aromatic heterocycles. The lowest BCUT2D eigenvalue weighted by atomic mass is 9.80. The van der Waals surface area contributed by atoms with Gasteiger partial charge < -0.3 is 5.11 Å². The van der Waals surface area contributed by atoms with Crippen LogP contribution in [0, 0.1) is 22.7 Å². The number of nitriles is 1. The molecule has 1 N–H and O–H groups in total. The first-order valence-electron chi connectivity index (χ1n) is 5.58. The highest BCUT2D eigenvalue weighted by Crippen LogP contribution is 2.35. The maximum absolute atomic E-state index is 11.0. The summed E-state index contributed by atoms with van der Waals surface area (Å²) < 4.78 is 0. The minimum atomic E-state index is -0.708. The van der Waals surface area contributed by atoms with E-state index in [0.717, 1.165) is 30.8 Å². The van der Waals surface area contributed by atoms with Crippen molar-refractivity contribution in [1.82, 2.24) is 0 Å². The van der Waals surface area contributed by atoms with Gasteiger partial charge in [-0.05, 0) is 50.5 Å². The molecule has 0 aromatic rings. The summed E-state index contributed by atoms with van der Waals surface area (Å²) in [4.78, 5) is 11.0. The molecule has 0 bridgehead atoms. The largest absolute Gasteiger partial charge is 0.481 e. The lowest BCUT2D eigenvalue weighted by Gasteiger charge is -2.29. The number of carbonyl (C=O) groups is 1. The van der Waals surface area contributed by atoms with Crippen LogP contribution in [0.4, 0.5) is 0 Å². The highest BCUT2D eigenvalue weighted by molar-refractivity contribution is 8.15. The lowest BCUT2D eigenvalue weighted by molar-refractivity contribution is -0.147. The second-order valence-corrected chi connectivity index (χ2v) is 7.16. The summed E-state index contributed by atoms with van der Waals surface area (Å²) in [7, 11) is 0.162. The minimum Gasteiger partial charge on any atom is -0.481 e. The third-order valence-electron chi connectivity index (χ3n) is 3.17. The fourth-order valence-electron chi connectivity index (χ4n) is 2.09. The summed E-state index contributed by atoms with van der Waals surface area (Å²) in [6.07, 6.45) is 2.89. The monoisotopic (exact) mass is 241 g/mol. The van der Waals surface area contributed by atoms with Crippen LogP contribution in [0.15, 0.2) is 0 Å². The van der Waals surface area contributed by atoms with Crippen LogP contribution < -0.4 is 0 Å². The normalized spacial score (nSPS) is 25.8. The Morgan fingerprint density at radius 3 is 2.56 bits per heavy atom. The van der Waals surface area contributed by atoms with Gasteiger partial charge in [0.1, 0.15) is 0 Å². The molecule has 1 rings (SSSR count). The van der Waals surface area contributed by atoms with E-state index in [2.05, 4.69) is 6.07 Å². The van der Waals surface area contributed by atoms with Gasteiger partial charge in [-0.15, -0.1) is 0 Å². The quantitative estimate of drug-likeness (QED) is 0.772. The van der Waals surface area contributed by atoms with Gasteiger partial charge in [0.15, 0.2) is 0 Å². The van der Waals surface area contributed by atoms with Crippen LogP contribution in [-0.4, -0.2) is 27.9 Å². The zero-order valence-corrected chi connectivity index (χ0v) is 10.7. The zero-order valence-electron chi connectivity index (χ0n) is 9.90. The topological polar surface area (TPSA) is 61.1 Å². The molecule has 0 spiro atoms. The Kier molecular flexibility index (Phi) is 4.55. The summed E-state index contributed by atoms with van der Waals surface area (Å²) in [5.41, 5.74) is -0.612. The van der Waals surface area contributed by atoms with Crippen molar-refractivity contribution in [2.75, 3.05) is 11.5 Å². The summed E-state index contributed by atoms with van der Waals surface area (Å²) in [6, 6.07) is 2.11. The molecule has 3 nitrogen and oxygen atoms in total. The average Bonchev–Trinajstić information content (AvgIpc) is 2.21. The summed E-state index contributed by atoms with van der Waals surface area (Å²) in [5.74, 6) is 1.93. The van der Waals surface area contributed by atoms with Crippen LogP contribution in [0.25, 0.3) is 0 Å². The van der Waals surface area contributed by atoms with Crippen molar-refractivity contribution >= 4 is 21.8 Å². The first-order chi connectivity index (χ1) is 7.45. The fraction of sp³-hybridized carbons (Fsp3) is 0.750. The molecule has 0 radical (unpaired) electrons. The van der Waals surface area contributed by atoms with Crippen molar-refractivity contribution in [2.24, 2.45) is 11.3 Å². The van der Waals surface area contributed by atoms with Crippen LogP contribution in [-0.2, 0) is 4.79 Å². The molecule has 90 valence electrons. The smallest absolute Gasteiger partial charge is 0.309 e. The molecule has 4 heteroatoms. The average molecular weight is 241 g/mol. The lowest BCUT2D eigenvalue weighted by Crippen LogP contribution is -2.28. The van der Waals surface area contributed by atoms with E-state index < -0.39 is 11.4 Å². The fourth-order valence-corrected chi connectivity index (χ4v) is 3.95. The first-order valence-corrected chi connectivity index (χ1v) is 7.21. The van der Waals surface area contributed by atoms with Crippen molar-refractivity contribution in [3.63, 3.8) is 0 Å². The third kappa shape index (κ3) is 3.64. The van der Waals surface area contributed by atoms with Gasteiger partial charge in [-0.2, -0.15) is 15.7 Å². The molecule has 0 atom stereocenters. The van der Waals surface area contributed by atoms with E-state index in [0.29, 0.717) is 5.92 Å². The maximum Gasteiger partial charge on any atom is 0.309 e. The number of nitrogens with zero attached hydrogens (tertiary/aromatic N) is 1. The van der Waals surface area contributed by atoms with Gasteiger partial charge in [-0.25, -0.2) is 0 Å². The van der Waals surface area contributed by atoms with E-state index >= 15 is 0 Å². The molecule has 1 aliphatic rings. The van der Waals surface area contributed by atoms with Crippen molar-refractivity contribution in [3.05, 3.63) is 0 Å². The molecular formula is C12H19NO2S. The number of rotatable bonds is 3. The molecule has 0 amide bonds. The zero-order chi connectivity index (χ0) is 12.2. The predicted molar refractivity (Wildman–Crippen MR) is 67.8 cm³/mol. The van der Waals surface area contributed by atoms with Gasteiger partial charge in [-0.1, -0.05) is 0 Å². The van der Waals surface area contributed by atoms with Crippen molar-refractivity contribution in [1.29, 1.82) is 5.26 Å².